The smallest absolute Gasteiger partial charge is 0.119 e. The molecule has 2 rings (SSSR count). The van der Waals surface area contributed by atoms with Crippen molar-refractivity contribution >= 4 is 12.6 Å². The van der Waals surface area contributed by atoms with E-state index in [-0.39, 0.29) is 5.25 Å². The largest absolute Gasteiger partial charge is 0.348 e. The van der Waals surface area contributed by atoms with Crippen LogP contribution < -0.4 is 0 Å². The van der Waals surface area contributed by atoms with Gasteiger partial charge in [-0.25, -0.2) is 4.98 Å². The first-order valence-corrected chi connectivity index (χ1v) is 6.16. The highest BCUT2D eigenvalue weighted by molar-refractivity contribution is 7.80. The fourth-order valence-electron chi connectivity index (χ4n) is 1.52. The second kappa shape index (κ2) is 5.31. The first-order chi connectivity index (χ1) is 8.16. The number of aromatic nitrogens is 4. The quantitative estimate of drug-likeness (QED) is 0.818. The number of hydrogen-bond acceptors (Lipinski definition) is 4. The molecule has 0 amide bonds. The molecule has 2 heterocycles. The minimum absolute atomic E-state index is 0.0317. The summed E-state index contributed by atoms with van der Waals surface area (Å²) in [5, 5.41) is 0.0317. The predicted octanol–water partition coefficient (Wildman–Crippen LogP) is 2.54. The molecule has 0 radical (unpaired) electrons. The van der Waals surface area contributed by atoms with Crippen LogP contribution in [0, 0.1) is 0 Å². The first kappa shape index (κ1) is 12.1. The van der Waals surface area contributed by atoms with E-state index in [1.165, 1.54) is 0 Å². The molecule has 0 aromatic carbocycles. The Balaban J connectivity index is 2.04. The second-order valence-corrected chi connectivity index (χ2v) is 4.90. The second-order valence-electron chi connectivity index (χ2n) is 4.28. The number of thiol groups is 1. The van der Waals surface area contributed by atoms with E-state index < -0.39 is 0 Å². The van der Waals surface area contributed by atoms with E-state index in [1.807, 2.05) is 12.4 Å². The fraction of sp³-hybridized carbons (Fsp3) is 0.417. The molecule has 0 aliphatic heterocycles. The third-order valence-electron chi connectivity index (χ3n) is 2.55. The number of imidazole rings is 1. The van der Waals surface area contributed by atoms with Crippen molar-refractivity contribution in [3.8, 4) is 0 Å². The van der Waals surface area contributed by atoms with Crippen LogP contribution in [0.2, 0.25) is 0 Å². The van der Waals surface area contributed by atoms with Crippen molar-refractivity contribution in [2.45, 2.75) is 31.4 Å². The summed E-state index contributed by atoms with van der Waals surface area (Å²) >= 11 is 4.50. The lowest BCUT2D eigenvalue weighted by molar-refractivity contribution is 0.783. The summed E-state index contributed by atoms with van der Waals surface area (Å²) in [6.07, 6.45) is 7.91. The molecule has 0 saturated heterocycles. The maximum atomic E-state index is 4.50. The van der Waals surface area contributed by atoms with Crippen molar-refractivity contribution < 1.29 is 0 Å². The van der Waals surface area contributed by atoms with Gasteiger partial charge in [-0.3, -0.25) is 9.97 Å². The van der Waals surface area contributed by atoms with E-state index in [4.69, 9.17) is 0 Å². The zero-order valence-electron chi connectivity index (χ0n) is 9.96. The Bertz CT molecular complexity index is 450. The molecule has 2 aromatic rings. The number of hydrogen-bond donors (Lipinski definition) is 2. The van der Waals surface area contributed by atoms with Gasteiger partial charge in [0, 0.05) is 31.2 Å². The first-order valence-electron chi connectivity index (χ1n) is 5.65. The average Bonchev–Trinajstić information content (AvgIpc) is 2.83. The summed E-state index contributed by atoms with van der Waals surface area (Å²) in [5.41, 5.74) is 1.95. The summed E-state index contributed by atoms with van der Waals surface area (Å²) in [6.45, 7) is 4.21. The molecule has 4 nitrogen and oxygen atoms in total. The normalized spacial score (nSPS) is 12.9. The van der Waals surface area contributed by atoms with Gasteiger partial charge in [-0.15, -0.1) is 0 Å². The topological polar surface area (TPSA) is 54.5 Å². The monoisotopic (exact) mass is 248 g/mol. The van der Waals surface area contributed by atoms with Crippen LogP contribution in [0.15, 0.2) is 24.8 Å². The van der Waals surface area contributed by atoms with Crippen molar-refractivity contribution in [1.29, 1.82) is 0 Å². The predicted molar refractivity (Wildman–Crippen MR) is 70.1 cm³/mol. The van der Waals surface area contributed by atoms with Crippen molar-refractivity contribution in [2.24, 2.45) is 0 Å². The third kappa shape index (κ3) is 3.06. The Hall–Kier alpha value is -1.36. The van der Waals surface area contributed by atoms with Crippen molar-refractivity contribution in [1.82, 2.24) is 19.9 Å². The number of aromatic amines is 1. The van der Waals surface area contributed by atoms with E-state index in [0.717, 1.165) is 23.6 Å². The van der Waals surface area contributed by atoms with Gasteiger partial charge in [0.2, 0.25) is 0 Å². The SMILES string of the molecule is CC(C)c1cnc(CC(S)c2ncc[nH]2)cn1. The van der Waals surface area contributed by atoms with Gasteiger partial charge in [-0.2, -0.15) is 12.6 Å². The van der Waals surface area contributed by atoms with E-state index in [2.05, 4.69) is 46.4 Å². The van der Waals surface area contributed by atoms with E-state index >= 15 is 0 Å². The van der Waals surface area contributed by atoms with Crippen LogP contribution in [-0.2, 0) is 6.42 Å². The maximum absolute atomic E-state index is 4.50. The summed E-state index contributed by atoms with van der Waals surface area (Å²) in [6, 6.07) is 0. The van der Waals surface area contributed by atoms with E-state index in [9.17, 15) is 0 Å². The van der Waals surface area contributed by atoms with Gasteiger partial charge in [-0.1, -0.05) is 13.8 Å². The summed E-state index contributed by atoms with van der Waals surface area (Å²) < 4.78 is 0. The van der Waals surface area contributed by atoms with Crippen LogP contribution in [0.5, 0.6) is 0 Å². The minimum atomic E-state index is 0.0317. The fourth-order valence-corrected chi connectivity index (χ4v) is 1.85. The summed E-state index contributed by atoms with van der Waals surface area (Å²) in [5.74, 6) is 1.27. The molecule has 0 aliphatic rings. The average molecular weight is 248 g/mol. The molecule has 90 valence electrons. The van der Waals surface area contributed by atoms with E-state index in [1.54, 1.807) is 12.4 Å². The highest BCUT2D eigenvalue weighted by Gasteiger charge is 2.11. The highest BCUT2D eigenvalue weighted by atomic mass is 32.1. The summed E-state index contributed by atoms with van der Waals surface area (Å²) in [4.78, 5) is 16.0. The van der Waals surface area contributed by atoms with Crippen LogP contribution in [0.25, 0.3) is 0 Å². The van der Waals surface area contributed by atoms with Gasteiger partial charge in [0.05, 0.1) is 16.6 Å². The molecule has 1 N–H and O–H groups in total. The lowest BCUT2D eigenvalue weighted by Crippen LogP contribution is -2.02. The Kier molecular flexibility index (Phi) is 3.78. The van der Waals surface area contributed by atoms with Gasteiger partial charge in [0.25, 0.3) is 0 Å². The van der Waals surface area contributed by atoms with E-state index in [0.29, 0.717) is 5.92 Å². The van der Waals surface area contributed by atoms with Crippen LogP contribution in [0.4, 0.5) is 0 Å². The molecule has 0 bridgehead atoms. The molecular formula is C12H16N4S. The molecule has 5 heteroatoms. The molecule has 17 heavy (non-hydrogen) atoms. The minimum Gasteiger partial charge on any atom is -0.348 e. The van der Waals surface area contributed by atoms with Gasteiger partial charge >= 0.3 is 0 Å². The summed E-state index contributed by atoms with van der Waals surface area (Å²) in [7, 11) is 0. The Labute approximate surface area is 106 Å². The molecule has 2 aromatic heterocycles. The Morgan fingerprint density at radius 1 is 1.24 bits per heavy atom. The van der Waals surface area contributed by atoms with Crippen molar-refractivity contribution in [2.75, 3.05) is 0 Å². The van der Waals surface area contributed by atoms with Gasteiger partial charge in [-0.05, 0) is 5.92 Å². The lowest BCUT2D eigenvalue weighted by Gasteiger charge is -2.08. The molecule has 0 spiro atoms. The zero-order valence-corrected chi connectivity index (χ0v) is 10.9. The maximum Gasteiger partial charge on any atom is 0.119 e. The van der Waals surface area contributed by atoms with Crippen LogP contribution >= 0.6 is 12.6 Å². The Morgan fingerprint density at radius 2 is 2.06 bits per heavy atom. The van der Waals surface area contributed by atoms with Crippen LogP contribution in [0.3, 0.4) is 0 Å². The lowest BCUT2D eigenvalue weighted by atomic mass is 10.1. The van der Waals surface area contributed by atoms with Crippen LogP contribution in [0.1, 0.15) is 42.2 Å². The van der Waals surface area contributed by atoms with Gasteiger partial charge in [0.1, 0.15) is 5.82 Å². The third-order valence-corrected chi connectivity index (χ3v) is 2.98. The number of H-pyrrole nitrogens is 1. The molecule has 1 unspecified atom stereocenters. The Morgan fingerprint density at radius 3 is 2.59 bits per heavy atom. The number of nitrogens with one attached hydrogen (secondary N) is 1. The molecule has 1 atom stereocenters. The molecule has 0 saturated carbocycles. The molecular weight excluding hydrogens is 232 g/mol. The van der Waals surface area contributed by atoms with Gasteiger partial charge in [0.15, 0.2) is 0 Å². The highest BCUT2D eigenvalue weighted by Crippen LogP contribution is 2.20. The van der Waals surface area contributed by atoms with Crippen molar-refractivity contribution in [3.05, 3.63) is 42.0 Å². The van der Waals surface area contributed by atoms with Gasteiger partial charge < -0.3 is 4.98 Å². The van der Waals surface area contributed by atoms with Crippen molar-refractivity contribution in [3.63, 3.8) is 0 Å². The molecule has 0 aliphatic carbocycles. The zero-order chi connectivity index (χ0) is 12.3. The van der Waals surface area contributed by atoms with Crippen LogP contribution in [-0.4, -0.2) is 19.9 Å². The standard InChI is InChI=1S/C12H16N4S/c1-8(2)10-7-15-9(6-16-10)5-11(17)12-13-3-4-14-12/h3-4,6-8,11,17H,5H2,1-2H3,(H,13,14). The molecule has 0 fully saturated rings. The number of nitrogens with zero attached hydrogens (tertiary/aromatic N) is 3. The number of rotatable bonds is 4.